The number of hydrogen-bond donors (Lipinski definition) is 1. The first-order valence-corrected chi connectivity index (χ1v) is 14.6. The van der Waals surface area contributed by atoms with Gasteiger partial charge in [-0.25, -0.2) is 8.42 Å². The fourth-order valence-corrected chi connectivity index (χ4v) is 5.61. The molecule has 0 fully saturated rings. The number of fused-ring (bicyclic) bond motifs is 1. The second kappa shape index (κ2) is 13.9. The second-order valence-corrected chi connectivity index (χ2v) is 11.2. The van der Waals surface area contributed by atoms with E-state index in [0.29, 0.717) is 32.5 Å². The van der Waals surface area contributed by atoms with Crippen LogP contribution in [0.15, 0.2) is 96.5 Å². The highest BCUT2D eigenvalue weighted by molar-refractivity contribution is 7.92. The molecular weight excluding hydrogens is 510 g/mol. The van der Waals surface area contributed by atoms with Crippen molar-refractivity contribution in [2.45, 2.75) is 19.4 Å². The summed E-state index contributed by atoms with van der Waals surface area (Å²) in [5, 5.41) is 2.30. The Hall–Kier alpha value is -3.72. The maximum absolute atomic E-state index is 13.7. The van der Waals surface area contributed by atoms with Gasteiger partial charge < -0.3 is 14.6 Å². The van der Waals surface area contributed by atoms with Crippen LogP contribution in [0.3, 0.4) is 0 Å². The number of methoxy groups -OCH3 is 1. The van der Waals surface area contributed by atoms with Crippen LogP contribution in [-0.4, -0.2) is 61.9 Å². The van der Waals surface area contributed by atoms with Crippen molar-refractivity contribution >= 4 is 32.9 Å². The molecule has 1 aromatic heterocycles. The summed E-state index contributed by atoms with van der Waals surface area (Å²) in [4.78, 5) is 18.7. The average molecular weight is 546 g/mol. The Labute approximate surface area is 230 Å². The molecule has 204 valence electrons. The van der Waals surface area contributed by atoms with Gasteiger partial charge in [-0.3, -0.25) is 4.79 Å². The number of hydrogen-bond acceptors (Lipinski definition) is 4. The third-order valence-corrected chi connectivity index (χ3v) is 8.07. The molecule has 1 heterocycles. The van der Waals surface area contributed by atoms with Crippen molar-refractivity contribution in [3.8, 4) is 0 Å². The van der Waals surface area contributed by atoms with E-state index >= 15 is 0 Å². The zero-order chi connectivity index (χ0) is 27.5. The predicted octanol–water partition coefficient (Wildman–Crippen LogP) is 5.08. The standard InChI is InChI=1S/C31H35N3O4S/c1-38-21-10-19-34(39(36,37)22-18-26-11-4-2-5-12-26)25-31(35)33(24-27-13-6-3-7-14-27)20-17-28-23-32-30-16-9-8-15-29(28)30/h2-9,11-16,18,22-23,32H,10,17,19-21,24-25H2,1H3/b22-18+. The number of rotatable bonds is 14. The first-order chi connectivity index (χ1) is 19.0. The summed E-state index contributed by atoms with van der Waals surface area (Å²) in [6, 6.07) is 27.1. The summed E-state index contributed by atoms with van der Waals surface area (Å²) in [5.41, 5.74) is 3.93. The normalized spacial score (nSPS) is 11.9. The molecule has 0 saturated carbocycles. The van der Waals surface area contributed by atoms with Gasteiger partial charge in [-0.05, 0) is 41.7 Å². The molecule has 0 aliphatic heterocycles. The summed E-state index contributed by atoms with van der Waals surface area (Å²) in [6.07, 6.45) is 4.66. The molecule has 0 atom stereocenters. The lowest BCUT2D eigenvalue weighted by atomic mass is 10.1. The molecule has 0 radical (unpaired) electrons. The topological polar surface area (TPSA) is 82.7 Å². The van der Waals surface area contributed by atoms with Gasteiger partial charge in [0.25, 0.3) is 0 Å². The van der Waals surface area contributed by atoms with Gasteiger partial charge in [0.1, 0.15) is 0 Å². The number of H-pyrrole nitrogens is 1. The smallest absolute Gasteiger partial charge is 0.238 e. The number of nitrogens with one attached hydrogen (secondary N) is 1. The molecule has 4 rings (SSSR count). The summed E-state index contributed by atoms with van der Waals surface area (Å²) < 4.78 is 33.0. The van der Waals surface area contributed by atoms with Crippen LogP contribution in [0.1, 0.15) is 23.1 Å². The minimum atomic E-state index is -3.84. The molecule has 0 spiro atoms. The zero-order valence-electron chi connectivity index (χ0n) is 22.2. The lowest BCUT2D eigenvalue weighted by molar-refractivity contribution is -0.132. The number of aromatic nitrogens is 1. The van der Waals surface area contributed by atoms with Gasteiger partial charge in [0, 0.05) is 55.9 Å². The van der Waals surface area contributed by atoms with Crippen LogP contribution in [0.5, 0.6) is 0 Å². The lowest BCUT2D eigenvalue weighted by Crippen LogP contribution is -2.43. The Morgan fingerprint density at radius 1 is 0.923 bits per heavy atom. The number of sulfonamides is 1. The van der Waals surface area contributed by atoms with E-state index < -0.39 is 10.0 Å². The first kappa shape index (κ1) is 28.3. The van der Waals surface area contributed by atoms with E-state index in [9.17, 15) is 13.2 Å². The van der Waals surface area contributed by atoms with Crippen molar-refractivity contribution in [3.63, 3.8) is 0 Å². The molecule has 0 aliphatic rings. The van der Waals surface area contributed by atoms with Crippen LogP contribution >= 0.6 is 0 Å². The largest absolute Gasteiger partial charge is 0.385 e. The number of nitrogens with zero attached hydrogens (tertiary/aromatic N) is 2. The Morgan fingerprint density at radius 2 is 1.62 bits per heavy atom. The fraction of sp³-hybridized carbons (Fsp3) is 0.258. The highest BCUT2D eigenvalue weighted by Gasteiger charge is 2.25. The SMILES string of the molecule is COCCCN(CC(=O)N(CCc1c[nH]c2ccccc12)Cc1ccccc1)S(=O)(=O)/C=C/c1ccccc1. The average Bonchev–Trinajstić information content (AvgIpc) is 3.38. The van der Waals surface area contributed by atoms with Gasteiger partial charge in [0.2, 0.25) is 15.9 Å². The minimum Gasteiger partial charge on any atom is -0.385 e. The fourth-order valence-electron chi connectivity index (χ4n) is 4.44. The molecule has 39 heavy (non-hydrogen) atoms. The molecule has 3 aromatic carbocycles. The van der Waals surface area contributed by atoms with Crippen molar-refractivity contribution in [2.75, 3.05) is 33.4 Å². The monoisotopic (exact) mass is 545 g/mol. The van der Waals surface area contributed by atoms with E-state index in [-0.39, 0.29) is 19.0 Å². The highest BCUT2D eigenvalue weighted by atomic mass is 32.2. The van der Waals surface area contributed by atoms with Crippen molar-refractivity contribution < 1.29 is 17.9 Å². The van der Waals surface area contributed by atoms with E-state index in [0.717, 1.165) is 27.6 Å². The number of carbonyl (C=O) groups is 1. The van der Waals surface area contributed by atoms with Gasteiger partial charge in [0.15, 0.2) is 0 Å². The van der Waals surface area contributed by atoms with Crippen LogP contribution in [-0.2, 0) is 32.5 Å². The third kappa shape index (κ3) is 8.13. The number of benzene rings is 3. The maximum atomic E-state index is 13.7. The highest BCUT2D eigenvalue weighted by Crippen LogP contribution is 2.19. The Morgan fingerprint density at radius 3 is 2.36 bits per heavy atom. The van der Waals surface area contributed by atoms with Crippen molar-refractivity contribution in [1.29, 1.82) is 0 Å². The van der Waals surface area contributed by atoms with E-state index in [1.807, 2.05) is 85.1 Å². The maximum Gasteiger partial charge on any atom is 0.238 e. The van der Waals surface area contributed by atoms with Gasteiger partial charge >= 0.3 is 0 Å². The number of amides is 1. The molecule has 0 saturated heterocycles. The minimum absolute atomic E-state index is 0.183. The molecular formula is C31H35N3O4S. The number of para-hydroxylation sites is 1. The number of ether oxygens (including phenoxy) is 1. The van der Waals surface area contributed by atoms with E-state index in [1.165, 1.54) is 9.71 Å². The molecule has 0 aliphatic carbocycles. The Kier molecular flexibility index (Phi) is 10.1. The van der Waals surface area contributed by atoms with Crippen LogP contribution in [0, 0.1) is 0 Å². The van der Waals surface area contributed by atoms with E-state index in [4.69, 9.17) is 4.74 Å². The Bertz CT molecular complexity index is 1470. The third-order valence-electron chi connectivity index (χ3n) is 6.55. The van der Waals surface area contributed by atoms with Gasteiger partial charge in [0.05, 0.1) is 6.54 Å². The molecule has 8 heteroatoms. The van der Waals surface area contributed by atoms with E-state index in [2.05, 4.69) is 11.1 Å². The molecule has 1 amide bonds. The summed E-state index contributed by atoms with van der Waals surface area (Å²) in [6.45, 7) is 1.20. The van der Waals surface area contributed by atoms with Crippen LogP contribution < -0.4 is 0 Å². The zero-order valence-corrected chi connectivity index (χ0v) is 23.0. The van der Waals surface area contributed by atoms with Crippen molar-refractivity contribution in [1.82, 2.24) is 14.2 Å². The second-order valence-electron chi connectivity index (χ2n) is 9.35. The summed E-state index contributed by atoms with van der Waals surface area (Å²) in [5.74, 6) is -0.243. The predicted molar refractivity (Wildman–Crippen MR) is 156 cm³/mol. The first-order valence-electron chi connectivity index (χ1n) is 13.0. The van der Waals surface area contributed by atoms with Crippen LogP contribution in [0.25, 0.3) is 17.0 Å². The summed E-state index contributed by atoms with van der Waals surface area (Å²) in [7, 11) is -2.27. The number of aromatic amines is 1. The van der Waals surface area contributed by atoms with Crippen LogP contribution in [0.4, 0.5) is 0 Å². The van der Waals surface area contributed by atoms with Gasteiger partial charge in [-0.15, -0.1) is 0 Å². The van der Waals surface area contributed by atoms with Crippen molar-refractivity contribution in [2.24, 2.45) is 0 Å². The molecule has 0 unspecified atom stereocenters. The van der Waals surface area contributed by atoms with Gasteiger partial charge in [-0.2, -0.15) is 4.31 Å². The molecule has 4 aromatic rings. The Balaban J connectivity index is 1.53. The lowest BCUT2D eigenvalue weighted by Gasteiger charge is -2.27. The summed E-state index contributed by atoms with van der Waals surface area (Å²) >= 11 is 0. The number of carbonyl (C=O) groups excluding carboxylic acids is 1. The molecule has 0 bridgehead atoms. The van der Waals surface area contributed by atoms with E-state index in [1.54, 1.807) is 18.1 Å². The molecule has 1 N–H and O–H groups in total. The quantitative estimate of drug-likeness (QED) is 0.224. The molecule has 7 nitrogen and oxygen atoms in total. The van der Waals surface area contributed by atoms with Gasteiger partial charge in [-0.1, -0.05) is 78.9 Å². The van der Waals surface area contributed by atoms with Crippen molar-refractivity contribution in [3.05, 3.63) is 113 Å². The van der Waals surface area contributed by atoms with Crippen LogP contribution in [0.2, 0.25) is 0 Å².